The molecule has 1 amide bonds. The van der Waals surface area contributed by atoms with E-state index in [0.29, 0.717) is 12.3 Å². The van der Waals surface area contributed by atoms with Crippen LogP contribution in [-0.2, 0) is 11.3 Å². The summed E-state index contributed by atoms with van der Waals surface area (Å²) in [5.74, 6) is -0.169. The van der Waals surface area contributed by atoms with Crippen LogP contribution in [0.3, 0.4) is 0 Å². The van der Waals surface area contributed by atoms with E-state index in [4.69, 9.17) is 4.74 Å². The van der Waals surface area contributed by atoms with E-state index < -0.39 is 0 Å². The highest BCUT2D eigenvalue weighted by Gasteiger charge is 2.46. The number of ether oxygens (including phenoxy) is 1. The highest BCUT2D eigenvalue weighted by atomic mass is 16.5. The van der Waals surface area contributed by atoms with Gasteiger partial charge in [-0.05, 0) is 48.9 Å². The summed E-state index contributed by atoms with van der Waals surface area (Å²) in [6.07, 6.45) is 9.27. The van der Waals surface area contributed by atoms with Crippen molar-refractivity contribution in [3.05, 3.63) is 59.8 Å². The van der Waals surface area contributed by atoms with Crippen LogP contribution >= 0.6 is 0 Å². The molecule has 1 spiro atoms. The number of nitrogens with zero attached hydrogens (tertiary/aromatic N) is 3. The highest BCUT2D eigenvalue weighted by Crippen LogP contribution is 2.35. The fraction of sp³-hybridized carbons (Fsp3) is 0.458. The summed E-state index contributed by atoms with van der Waals surface area (Å²) >= 11 is 0. The summed E-state index contributed by atoms with van der Waals surface area (Å²) in [7, 11) is 0. The van der Waals surface area contributed by atoms with E-state index in [-0.39, 0.29) is 17.6 Å². The molecule has 2 aromatic heterocycles. The van der Waals surface area contributed by atoms with E-state index >= 15 is 0 Å². The molecule has 1 aliphatic heterocycles. The van der Waals surface area contributed by atoms with Gasteiger partial charge in [0.25, 0.3) is 5.91 Å². The number of aromatic amines is 1. The Bertz CT molecular complexity index is 1060. The van der Waals surface area contributed by atoms with E-state index in [2.05, 4.69) is 49.4 Å². The number of benzene rings is 1. The SMILES string of the molecule is Cc1cnc(C(=O)N[C@H]2CCCC[C@]23CN(Cc2ccc4[nH]ccc4c2)CCO3)cn1. The first-order valence-corrected chi connectivity index (χ1v) is 11.1. The molecule has 1 aliphatic carbocycles. The van der Waals surface area contributed by atoms with Gasteiger partial charge in [0.05, 0.1) is 24.5 Å². The molecule has 1 saturated carbocycles. The molecule has 0 unspecified atom stereocenters. The van der Waals surface area contributed by atoms with Crippen molar-refractivity contribution < 1.29 is 9.53 Å². The molecule has 31 heavy (non-hydrogen) atoms. The van der Waals surface area contributed by atoms with Crippen molar-refractivity contribution >= 4 is 16.8 Å². The van der Waals surface area contributed by atoms with Gasteiger partial charge in [0.1, 0.15) is 11.3 Å². The van der Waals surface area contributed by atoms with Crippen LogP contribution < -0.4 is 5.32 Å². The Hall–Kier alpha value is -2.77. The fourth-order valence-electron chi connectivity index (χ4n) is 4.99. The zero-order valence-corrected chi connectivity index (χ0v) is 17.9. The van der Waals surface area contributed by atoms with Gasteiger partial charge in [-0.25, -0.2) is 4.98 Å². The number of nitrogens with one attached hydrogen (secondary N) is 2. The highest BCUT2D eigenvalue weighted by molar-refractivity contribution is 5.92. The lowest BCUT2D eigenvalue weighted by atomic mass is 9.78. The zero-order chi connectivity index (χ0) is 21.3. The Labute approximate surface area is 182 Å². The number of aromatic nitrogens is 3. The Morgan fingerprint density at radius 1 is 1.29 bits per heavy atom. The standard InChI is InChI=1S/C24H29N5O2/c1-17-13-27-21(14-26-17)23(30)28-22-4-2-3-8-24(22)16-29(10-11-31-24)15-18-5-6-20-19(12-18)7-9-25-20/h5-7,9,12-14,22,25H,2-4,8,10-11,15-16H2,1H3,(H,28,30)/t22-,24-/m0/s1. The Morgan fingerprint density at radius 2 is 2.23 bits per heavy atom. The molecule has 0 radical (unpaired) electrons. The Kier molecular flexibility index (Phi) is 5.46. The van der Waals surface area contributed by atoms with Gasteiger partial charge in [-0.3, -0.25) is 14.7 Å². The molecule has 3 aromatic rings. The van der Waals surface area contributed by atoms with Crippen molar-refractivity contribution in [3.8, 4) is 0 Å². The number of amides is 1. The summed E-state index contributed by atoms with van der Waals surface area (Å²) in [6.45, 7) is 5.15. The zero-order valence-electron chi connectivity index (χ0n) is 17.9. The van der Waals surface area contributed by atoms with Crippen LogP contribution in [0.4, 0.5) is 0 Å². The first-order valence-electron chi connectivity index (χ1n) is 11.1. The number of hydrogen-bond donors (Lipinski definition) is 2. The maximum Gasteiger partial charge on any atom is 0.271 e. The summed E-state index contributed by atoms with van der Waals surface area (Å²) in [4.78, 5) is 27.0. The van der Waals surface area contributed by atoms with Gasteiger partial charge in [-0.15, -0.1) is 0 Å². The second-order valence-corrected chi connectivity index (χ2v) is 8.84. The van der Waals surface area contributed by atoms with E-state index in [0.717, 1.165) is 56.5 Å². The minimum atomic E-state index is -0.345. The molecule has 162 valence electrons. The van der Waals surface area contributed by atoms with Gasteiger partial charge in [0, 0.05) is 37.5 Å². The van der Waals surface area contributed by atoms with Crippen LogP contribution in [0.15, 0.2) is 42.9 Å². The van der Waals surface area contributed by atoms with Gasteiger partial charge in [0.15, 0.2) is 0 Å². The molecule has 5 rings (SSSR count). The second-order valence-electron chi connectivity index (χ2n) is 8.84. The third-order valence-corrected chi connectivity index (χ3v) is 6.61. The topological polar surface area (TPSA) is 83.1 Å². The molecular weight excluding hydrogens is 390 g/mol. The van der Waals surface area contributed by atoms with Crippen LogP contribution in [0.5, 0.6) is 0 Å². The predicted molar refractivity (Wildman–Crippen MR) is 119 cm³/mol. The number of morpholine rings is 1. The number of fused-ring (bicyclic) bond motifs is 1. The quantitative estimate of drug-likeness (QED) is 0.679. The molecule has 1 saturated heterocycles. The van der Waals surface area contributed by atoms with Crippen LogP contribution in [-0.4, -0.2) is 57.1 Å². The van der Waals surface area contributed by atoms with Crippen LogP contribution in [0.1, 0.15) is 47.4 Å². The Balaban J connectivity index is 1.31. The van der Waals surface area contributed by atoms with Gasteiger partial charge in [0.2, 0.25) is 0 Å². The van der Waals surface area contributed by atoms with Crippen LogP contribution in [0.2, 0.25) is 0 Å². The first kappa shape index (κ1) is 20.2. The fourth-order valence-corrected chi connectivity index (χ4v) is 4.99. The molecule has 3 heterocycles. The number of carbonyl (C=O) groups is 1. The molecule has 7 nitrogen and oxygen atoms in total. The van der Waals surface area contributed by atoms with Gasteiger partial charge in [-0.1, -0.05) is 18.9 Å². The predicted octanol–water partition coefficient (Wildman–Crippen LogP) is 3.21. The molecule has 2 atom stereocenters. The second kappa shape index (κ2) is 8.40. The van der Waals surface area contributed by atoms with Crippen molar-refractivity contribution in [1.29, 1.82) is 0 Å². The molecular formula is C24H29N5O2. The number of rotatable bonds is 4. The molecule has 2 fully saturated rings. The van der Waals surface area contributed by atoms with E-state index in [9.17, 15) is 4.79 Å². The van der Waals surface area contributed by atoms with Crippen LogP contribution in [0.25, 0.3) is 10.9 Å². The third-order valence-electron chi connectivity index (χ3n) is 6.61. The number of carbonyl (C=O) groups excluding carboxylic acids is 1. The van der Waals surface area contributed by atoms with Gasteiger partial charge in [-0.2, -0.15) is 0 Å². The molecule has 7 heteroatoms. The summed E-state index contributed by atoms with van der Waals surface area (Å²) in [5, 5.41) is 4.46. The molecule has 2 aliphatic rings. The van der Waals surface area contributed by atoms with E-state index in [1.54, 1.807) is 12.4 Å². The monoisotopic (exact) mass is 419 g/mol. The average molecular weight is 420 g/mol. The third kappa shape index (κ3) is 4.20. The Morgan fingerprint density at radius 3 is 3.10 bits per heavy atom. The summed E-state index contributed by atoms with van der Waals surface area (Å²) in [5.41, 5.74) is 3.28. The lowest BCUT2D eigenvalue weighted by molar-refractivity contribution is -0.143. The first-order chi connectivity index (χ1) is 15.1. The summed E-state index contributed by atoms with van der Waals surface area (Å²) in [6, 6.07) is 8.68. The average Bonchev–Trinajstić information content (AvgIpc) is 3.24. The van der Waals surface area contributed by atoms with Crippen LogP contribution in [0, 0.1) is 6.92 Å². The van der Waals surface area contributed by atoms with Crippen molar-refractivity contribution in [3.63, 3.8) is 0 Å². The minimum Gasteiger partial charge on any atom is -0.370 e. The van der Waals surface area contributed by atoms with Crippen molar-refractivity contribution in [2.45, 2.75) is 50.8 Å². The lowest BCUT2D eigenvalue weighted by Gasteiger charge is -2.49. The summed E-state index contributed by atoms with van der Waals surface area (Å²) < 4.78 is 6.40. The lowest BCUT2D eigenvalue weighted by Crippen LogP contribution is -2.64. The maximum atomic E-state index is 12.8. The molecule has 0 bridgehead atoms. The number of hydrogen-bond acceptors (Lipinski definition) is 5. The van der Waals surface area contributed by atoms with Gasteiger partial charge >= 0.3 is 0 Å². The smallest absolute Gasteiger partial charge is 0.271 e. The molecule has 1 aromatic carbocycles. The number of H-pyrrole nitrogens is 1. The minimum absolute atomic E-state index is 0.0215. The normalized spacial score (nSPS) is 24.5. The van der Waals surface area contributed by atoms with E-state index in [1.807, 2.05) is 13.1 Å². The molecule has 2 N–H and O–H groups in total. The van der Waals surface area contributed by atoms with Crippen molar-refractivity contribution in [2.75, 3.05) is 19.7 Å². The van der Waals surface area contributed by atoms with Crippen molar-refractivity contribution in [2.24, 2.45) is 0 Å². The largest absolute Gasteiger partial charge is 0.370 e. The van der Waals surface area contributed by atoms with Crippen molar-refractivity contribution in [1.82, 2.24) is 25.2 Å². The number of aryl methyl sites for hydroxylation is 1. The van der Waals surface area contributed by atoms with E-state index in [1.165, 1.54) is 10.9 Å². The van der Waals surface area contributed by atoms with Gasteiger partial charge < -0.3 is 15.0 Å². The maximum absolute atomic E-state index is 12.8.